The summed E-state index contributed by atoms with van der Waals surface area (Å²) in [6.45, 7) is 2.44. The fourth-order valence-electron chi connectivity index (χ4n) is 1.70. The zero-order chi connectivity index (χ0) is 13.8. The third-order valence-electron chi connectivity index (χ3n) is 2.82. The smallest absolute Gasteiger partial charge is 0.335 e. The second-order valence-electron chi connectivity index (χ2n) is 4.34. The van der Waals surface area contributed by atoms with Crippen molar-refractivity contribution in [3.05, 3.63) is 65.0 Å². The van der Waals surface area contributed by atoms with Crippen LogP contribution < -0.4 is 5.32 Å². The standard InChI is InChI=1S/C15H14FNO2/c1-10-2-4-11(5-3-10)9-17-14-8-12(15(18)19)6-7-13(14)16/h2-8,17H,9H2,1H3,(H,18,19). The van der Waals surface area contributed by atoms with Crippen LogP contribution in [0.25, 0.3) is 0 Å². The molecule has 0 unspecified atom stereocenters. The number of carboxylic acid groups (broad SMARTS) is 1. The van der Waals surface area contributed by atoms with Crippen LogP contribution in [0, 0.1) is 12.7 Å². The van der Waals surface area contributed by atoms with Gasteiger partial charge >= 0.3 is 5.97 Å². The predicted octanol–water partition coefficient (Wildman–Crippen LogP) is 3.44. The maximum absolute atomic E-state index is 13.5. The molecule has 0 fully saturated rings. The molecule has 0 radical (unpaired) electrons. The lowest BCUT2D eigenvalue weighted by molar-refractivity contribution is 0.0697. The van der Waals surface area contributed by atoms with Crippen molar-refractivity contribution < 1.29 is 14.3 Å². The topological polar surface area (TPSA) is 49.3 Å². The van der Waals surface area contributed by atoms with Crippen LogP contribution in [0.3, 0.4) is 0 Å². The highest BCUT2D eigenvalue weighted by Gasteiger charge is 2.08. The lowest BCUT2D eigenvalue weighted by atomic mass is 10.1. The van der Waals surface area contributed by atoms with Gasteiger partial charge in [0.15, 0.2) is 0 Å². The van der Waals surface area contributed by atoms with Gasteiger partial charge in [0.1, 0.15) is 5.82 Å². The third-order valence-corrected chi connectivity index (χ3v) is 2.82. The molecule has 2 rings (SSSR count). The van der Waals surface area contributed by atoms with Crippen LogP contribution in [0.15, 0.2) is 42.5 Å². The number of carboxylic acids is 1. The van der Waals surface area contributed by atoms with Gasteiger partial charge in [-0.2, -0.15) is 0 Å². The molecule has 2 aromatic carbocycles. The molecule has 0 amide bonds. The first-order valence-corrected chi connectivity index (χ1v) is 5.88. The minimum absolute atomic E-state index is 0.0628. The molecule has 2 N–H and O–H groups in total. The summed E-state index contributed by atoms with van der Waals surface area (Å²) < 4.78 is 13.5. The third kappa shape index (κ3) is 3.31. The zero-order valence-corrected chi connectivity index (χ0v) is 10.5. The monoisotopic (exact) mass is 259 g/mol. The number of aromatic carboxylic acids is 1. The number of rotatable bonds is 4. The van der Waals surface area contributed by atoms with Crippen LogP contribution in [-0.2, 0) is 6.54 Å². The molecule has 98 valence electrons. The molecule has 3 nitrogen and oxygen atoms in total. The van der Waals surface area contributed by atoms with Gasteiger partial charge in [0.25, 0.3) is 0 Å². The van der Waals surface area contributed by atoms with E-state index in [-0.39, 0.29) is 11.3 Å². The molecule has 0 aliphatic heterocycles. The highest BCUT2D eigenvalue weighted by molar-refractivity contribution is 5.88. The summed E-state index contributed by atoms with van der Waals surface area (Å²) in [5.74, 6) is -1.53. The van der Waals surface area contributed by atoms with Crippen LogP contribution in [0.5, 0.6) is 0 Å². The van der Waals surface area contributed by atoms with Crippen LogP contribution >= 0.6 is 0 Å². The zero-order valence-electron chi connectivity index (χ0n) is 10.5. The van der Waals surface area contributed by atoms with Crippen molar-refractivity contribution in [3.63, 3.8) is 0 Å². The molecule has 0 heterocycles. The summed E-state index contributed by atoms with van der Waals surface area (Å²) in [7, 11) is 0. The second kappa shape index (κ2) is 5.52. The van der Waals surface area contributed by atoms with Crippen LogP contribution in [0.1, 0.15) is 21.5 Å². The fraction of sp³-hybridized carbons (Fsp3) is 0.133. The molecule has 0 saturated heterocycles. The average molecular weight is 259 g/mol. The minimum atomic E-state index is -1.07. The van der Waals surface area contributed by atoms with Crippen molar-refractivity contribution in [1.29, 1.82) is 0 Å². The molecule has 0 spiro atoms. The molecule has 0 aliphatic carbocycles. The number of hydrogen-bond donors (Lipinski definition) is 2. The molecule has 0 saturated carbocycles. The van der Waals surface area contributed by atoms with Crippen LogP contribution in [0.4, 0.5) is 10.1 Å². The van der Waals surface area contributed by atoms with E-state index in [1.165, 1.54) is 12.1 Å². The van der Waals surface area contributed by atoms with Crippen molar-refractivity contribution in [2.45, 2.75) is 13.5 Å². The number of hydrogen-bond acceptors (Lipinski definition) is 2. The van der Waals surface area contributed by atoms with Crippen molar-refractivity contribution >= 4 is 11.7 Å². The van der Waals surface area contributed by atoms with Crippen LogP contribution in [0.2, 0.25) is 0 Å². The van der Waals surface area contributed by atoms with E-state index >= 15 is 0 Å². The van der Waals surface area contributed by atoms with Gasteiger partial charge < -0.3 is 10.4 Å². The normalized spacial score (nSPS) is 10.2. The Bertz CT molecular complexity index is 594. The first-order valence-electron chi connectivity index (χ1n) is 5.88. The van der Waals surface area contributed by atoms with Gasteiger partial charge in [0, 0.05) is 6.54 Å². The summed E-state index contributed by atoms with van der Waals surface area (Å²) in [5, 5.41) is 11.8. The van der Waals surface area contributed by atoms with Crippen LogP contribution in [-0.4, -0.2) is 11.1 Å². The Morgan fingerprint density at radius 3 is 2.53 bits per heavy atom. The quantitative estimate of drug-likeness (QED) is 0.884. The van der Waals surface area contributed by atoms with Gasteiger partial charge in [-0.3, -0.25) is 0 Å². The number of carbonyl (C=O) groups is 1. The Labute approximate surface area is 110 Å². The summed E-state index contributed by atoms with van der Waals surface area (Å²) in [6.07, 6.45) is 0. The van der Waals surface area contributed by atoms with E-state index in [1.54, 1.807) is 0 Å². The highest BCUT2D eigenvalue weighted by Crippen LogP contribution is 2.17. The molecule has 0 atom stereocenters. The predicted molar refractivity (Wildman–Crippen MR) is 71.9 cm³/mol. The number of benzene rings is 2. The minimum Gasteiger partial charge on any atom is -0.478 e. The molecule has 4 heteroatoms. The van der Waals surface area contributed by atoms with Gasteiger partial charge in [-0.25, -0.2) is 9.18 Å². The maximum Gasteiger partial charge on any atom is 0.335 e. The second-order valence-corrected chi connectivity index (χ2v) is 4.34. The first-order chi connectivity index (χ1) is 9.06. The average Bonchev–Trinajstić information content (AvgIpc) is 2.39. The Hall–Kier alpha value is -2.36. The fourth-order valence-corrected chi connectivity index (χ4v) is 1.70. The Morgan fingerprint density at radius 1 is 1.21 bits per heavy atom. The molecule has 2 aromatic rings. The summed E-state index contributed by atoms with van der Waals surface area (Å²) >= 11 is 0. The number of halogens is 1. The molecule has 0 aromatic heterocycles. The summed E-state index contributed by atoms with van der Waals surface area (Å²) in [5.41, 5.74) is 2.42. The SMILES string of the molecule is Cc1ccc(CNc2cc(C(=O)O)ccc2F)cc1. The van der Waals surface area contributed by atoms with Gasteiger partial charge in [-0.1, -0.05) is 29.8 Å². The Kier molecular flexibility index (Phi) is 3.80. The summed E-state index contributed by atoms with van der Waals surface area (Å²) in [4.78, 5) is 10.8. The largest absolute Gasteiger partial charge is 0.478 e. The van der Waals surface area contributed by atoms with Crippen molar-refractivity contribution in [2.75, 3.05) is 5.32 Å². The molecular weight excluding hydrogens is 245 g/mol. The lowest BCUT2D eigenvalue weighted by Gasteiger charge is -2.09. The van der Waals surface area contributed by atoms with Crippen molar-refractivity contribution in [1.82, 2.24) is 0 Å². The van der Waals surface area contributed by atoms with Gasteiger partial charge in [-0.05, 0) is 30.7 Å². The lowest BCUT2D eigenvalue weighted by Crippen LogP contribution is -2.04. The van der Waals surface area contributed by atoms with Crippen molar-refractivity contribution in [2.24, 2.45) is 0 Å². The molecule has 0 bridgehead atoms. The number of aryl methyl sites for hydroxylation is 1. The van der Waals surface area contributed by atoms with Gasteiger partial charge in [0.05, 0.1) is 11.3 Å². The van der Waals surface area contributed by atoms with E-state index < -0.39 is 11.8 Å². The van der Waals surface area contributed by atoms with Gasteiger partial charge in [0.2, 0.25) is 0 Å². The van der Waals surface area contributed by atoms with E-state index in [4.69, 9.17) is 5.11 Å². The first kappa shape index (κ1) is 13.1. The number of nitrogens with one attached hydrogen (secondary N) is 1. The van der Waals surface area contributed by atoms with Gasteiger partial charge in [-0.15, -0.1) is 0 Å². The summed E-state index contributed by atoms with van der Waals surface area (Å²) in [6, 6.07) is 11.5. The Balaban J connectivity index is 2.12. The molecule has 0 aliphatic rings. The van der Waals surface area contributed by atoms with E-state index in [9.17, 15) is 9.18 Å². The Morgan fingerprint density at radius 2 is 1.89 bits per heavy atom. The molecule has 19 heavy (non-hydrogen) atoms. The van der Waals surface area contributed by atoms with Crippen molar-refractivity contribution in [3.8, 4) is 0 Å². The number of anilines is 1. The van der Waals surface area contributed by atoms with E-state index in [2.05, 4.69) is 5.32 Å². The van der Waals surface area contributed by atoms with E-state index in [0.717, 1.165) is 17.2 Å². The maximum atomic E-state index is 13.5. The van der Waals surface area contributed by atoms with E-state index in [1.807, 2.05) is 31.2 Å². The highest BCUT2D eigenvalue weighted by atomic mass is 19.1. The molecular formula is C15H14FNO2. The van der Waals surface area contributed by atoms with E-state index in [0.29, 0.717) is 6.54 Å².